The lowest BCUT2D eigenvalue weighted by molar-refractivity contribution is -0.384. The predicted octanol–water partition coefficient (Wildman–Crippen LogP) is 2.98. The Labute approximate surface area is 188 Å². The zero-order chi connectivity index (χ0) is 22.9. The van der Waals surface area contributed by atoms with Gasteiger partial charge in [0.15, 0.2) is 11.7 Å². The van der Waals surface area contributed by atoms with Gasteiger partial charge in [-0.15, -0.1) is 0 Å². The van der Waals surface area contributed by atoms with E-state index in [0.717, 1.165) is 17.2 Å². The zero-order valence-corrected chi connectivity index (χ0v) is 17.4. The van der Waals surface area contributed by atoms with Crippen LogP contribution in [0.25, 0.3) is 11.1 Å². The largest absolute Gasteiger partial charge is 0.484 e. The maximum atomic E-state index is 12.1. The number of hydrogen-bond donors (Lipinski definition) is 3. The first kappa shape index (κ1) is 22.4. The first-order chi connectivity index (χ1) is 15.4. The summed E-state index contributed by atoms with van der Waals surface area (Å²) in [6, 6.07) is 22.3. The summed E-state index contributed by atoms with van der Waals surface area (Å²) in [5.41, 5.74) is 6.59. The first-order valence-electron chi connectivity index (χ1n) is 9.35. The Hall–Kier alpha value is -4.31. The number of rotatable bonds is 6. The molecule has 0 bridgehead atoms. The normalized spacial score (nSPS) is 10.0. The van der Waals surface area contributed by atoms with Crippen LogP contribution in [0.4, 0.5) is 5.69 Å². The number of non-ortho nitro benzene ring substituents is 1. The second-order valence-electron chi connectivity index (χ2n) is 6.44. The highest BCUT2D eigenvalue weighted by molar-refractivity contribution is 7.80. The van der Waals surface area contributed by atoms with Crippen molar-refractivity contribution in [2.24, 2.45) is 0 Å². The van der Waals surface area contributed by atoms with Gasteiger partial charge in [-0.05, 0) is 41.5 Å². The van der Waals surface area contributed by atoms with Gasteiger partial charge in [-0.1, -0.05) is 48.5 Å². The van der Waals surface area contributed by atoms with E-state index in [4.69, 9.17) is 17.0 Å². The van der Waals surface area contributed by atoms with Gasteiger partial charge in [0.2, 0.25) is 0 Å². The van der Waals surface area contributed by atoms with Crippen LogP contribution in [-0.4, -0.2) is 28.5 Å². The van der Waals surface area contributed by atoms with Crippen molar-refractivity contribution in [1.29, 1.82) is 0 Å². The van der Waals surface area contributed by atoms with E-state index in [1.165, 1.54) is 18.2 Å². The van der Waals surface area contributed by atoms with Gasteiger partial charge in [0, 0.05) is 17.7 Å². The van der Waals surface area contributed by atoms with Gasteiger partial charge >= 0.3 is 0 Å². The number of nitro groups is 1. The summed E-state index contributed by atoms with van der Waals surface area (Å²) < 4.78 is 5.43. The van der Waals surface area contributed by atoms with Gasteiger partial charge in [0.05, 0.1) is 4.92 Å². The van der Waals surface area contributed by atoms with Crippen LogP contribution in [-0.2, 0) is 4.79 Å². The lowest BCUT2D eigenvalue weighted by atomic mass is 10.1. The Bertz CT molecular complexity index is 1140. The molecule has 0 atom stereocenters. The average Bonchev–Trinajstić information content (AvgIpc) is 2.82. The number of amides is 2. The highest BCUT2D eigenvalue weighted by Gasteiger charge is 2.13. The summed E-state index contributed by atoms with van der Waals surface area (Å²) in [6.45, 7) is -0.279. The minimum Gasteiger partial charge on any atom is -0.484 e. The summed E-state index contributed by atoms with van der Waals surface area (Å²) in [6.07, 6.45) is 0. The Kier molecular flexibility index (Phi) is 7.44. The monoisotopic (exact) mass is 450 g/mol. The van der Waals surface area contributed by atoms with Crippen LogP contribution in [0.5, 0.6) is 5.75 Å². The van der Waals surface area contributed by atoms with Crippen molar-refractivity contribution in [2.45, 2.75) is 0 Å². The molecule has 0 unspecified atom stereocenters. The lowest BCUT2D eigenvalue weighted by Gasteiger charge is -2.11. The van der Waals surface area contributed by atoms with E-state index in [0.29, 0.717) is 5.75 Å². The average molecular weight is 450 g/mol. The van der Waals surface area contributed by atoms with E-state index in [9.17, 15) is 19.7 Å². The zero-order valence-electron chi connectivity index (χ0n) is 16.6. The Morgan fingerprint density at radius 2 is 1.59 bits per heavy atom. The smallest absolute Gasteiger partial charge is 0.276 e. The molecule has 3 aromatic carbocycles. The van der Waals surface area contributed by atoms with Crippen molar-refractivity contribution in [3.05, 3.63) is 94.5 Å². The van der Waals surface area contributed by atoms with Crippen LogP contribution in [0.1, 0.15) is 10.4 Å². The van der Waals surface area contributed by atoms with E-state index in [1.54, 1.807) is 12.1 Å². The molecule has 0 saturated heterocycles. The molecule has 0 fully saturated rings. The minimum absolute atomic E-state index is 0.0527. The highest BCUT2D eigenvalue weighted by Crippen LogP contribution is 2.21. The number of hydrogen-bond acceptors (Lipinski definition) is 6. The molecule has 0 saturated carbocycles. The molecule has 3 rings (SSSR count). The Balaban J connectivity index is 1.42. The number of ether oxygens (including phenoxy) is 1. The second-order valence-corrected chi connectivity index (χ2v) is 6.85. The van der Waals surface area contributed by atoms with E-state index in [2.05, 4.69) is 16.2 Å². The molecule has 2 amide bonds. The third kappa shape index (κ3) is 6.34. The fourth-order valence-corrected chi connectivity index (χ4v) is 2.80. The molecule has 10 heteroatoms. The van der Waals surface area contributed by atoms with Crippen LogP contribution >= 0.6 is 12.2 Å². The van der Waals surface area contributed by atoms with Crippen molar-refractivity contribution in [3.8, 4) is 16.9 Å². The fraction of sp³-hybridized carbons (Fsp3) is 0.0455. The van der Waals surface area contributed by atoms with Crippen LogP contribution in [0.3, 0.4) is 0 Å². The van der Waals surface area contributed by atoms with Crippen LogP contribution in [0, 0.1) is 10.1 Å². The molecule has 9 nitrogen and oxygen atoms in total. The standard InChI is InChI=1S/C22H18N4O5S/c27-20(14-31-19-11-9-16(10-12-19)15-5-2-1-3-6-15)24-25-22(32)23-21(28)17-7-4-8-18(13-17)26(29)30/h1-13H,14H2,(H,24,27)(H2,23,25,28,32). The third-order valence-electron chi connectivity index (χ3n) is 4.19. The molecule has 0 radical (unpaired) electrons. The molecular weight excluding hydrogens is 432 g/mol. The quantitative estimate of drug-likeness (QED) is 0.300. The molecule has 0 aromatic heterocycles. The predicted molar refractivity (Wildman–Crippen MR) is 122 cm³/mol. The number of benzene rings is 3. The fourth-order valence-electron chi connectivity index (χ4n) is 2.65. The topological polar surface area (TPSA) is 123 Å². The number of nitro benzene ring substituents is 1. The van der Waals surface area contributed by atoms with Crippen LogP contribution in [0.2, 0.25) is 0 Å². The molecule has 0 aliphatic rings. The van der Waals surface area contributed by atoms with Gasteiger partial charge in [-0.3, -0.25) is 35.9 Å². The number of hydrazine groups is 1. The molecule has 32 heavy (non-hydrogen) atoms. The number of carbonyl (C=O) groups excluding carboxylic acids is 2. The lowest BCUT2D eigenvalue weighted by Crippen LogP contribution is -2.49. The minimum atomic E-state index is -0.657. The van der Waals surface area contributed by atoms with Gasteiger partial charge in [-0.25, -0.2) is 0 Å². The van der Waals surface area contributed by atoms with E-state index in [-0.39, 0.29) is 23.0 Å². The number of thiocarbonyl (C=S) groups is 1. The highest BCUT2D eigenvalue weighted by atomic mass is 32.1. The van der Waals surface area contributed by atoms with E-state index in [1.807, 2.05) is 42.5 Å². The molecule has 0 aliphatic carbocycles. The third-order valence-corrected chi connectivity index (χ3v) is 4.40. The molecular formula is C22H18N4O5S. The molecule has 0 aliphatic heterocycles. The van der Waals surface area contributed by atoms with Crippen LogP contribution in [0.15, 0.2) is 78.9 Å². The van der Waals surface area contributed by atoms with Crippen LogP contribution < -0.4 is 20.9 Å². The molecule has 0 heterocycles. The van der Waals surface area contributed by atoms with Gasteiger partial charge in [0.1, 0.15) is 5.75 Å². The van der Waals surface area contributed by atoms with E-state index < -0.39 is 16.7 Å². The number of nitrogens with zero attached hydrogens (tertiary/aromatic N) is 1. The van der Waals surface area contributed by atoms with Crippen molar-refractivity contribution in [2.75, 3.05) is 6.61 Å². The van der Waals surface area contributed by atoms with Gasteiger partial charge < -0.3 is 4.74 Å². The molecule has 3 N–H and O–H groups in total. The molecule has 3 aromatic rings. The van der Waals surface area contributed by atoms with E-state index >= 15 is 0 Å². The molecule has 0 spiro atoms. The van der Waals surface area contributed by atoms with Crippen molar-refractivity contribution < 1.29 is 19.2 Å². The van der Waals surface area contributed by atoms with Crippen molar-refractivity contribution in [1.82, 2.24) is 16.2 Å². The van der Waals surface area contributed by atoms with Crippen molar-refractivity contribution in [3.63, 3.8) is 0 Å². The summed E-state index contributed by atoms with van der Waals surface area (Å²) >= 11 is 4.94. The first-order valence-corrected chi connectivity index (χ1v) is 9.76. The Morgan fingerprint density at radius 1 is 0.906 bits per heavy atom. The number of nitrogens with one attached hydrogen (secondary N) is 3. The van der Waals surface area contributed by atoms with Crippen molar-refractivity contribution >= 4 is 34.8 Å². The SMILES string of the molecule is O=C(COc1ccc(-c2ccccc2)cc1)NNC(=S)NC(=O)c1cccc([N+](=O)[O-])c1. The Morgan fingerprint density at radius 3 is 2.28 bits per heavy atom. The summed E-state index contributed by atoms with van der Waals surface area (Å²) in [5.74, 6) is -0.666. The molecule has 162 valence electrons. The summed E-state index contributed by atoms with van der Waals surface area (Å²) in [4.78, 5) is 34.2. The number of carbonyl (C=O) groups is 2. The van der Waals surface area contributed by atoms with Gasteiger partial charge in [-0.2, -0.15) is 0 Å². The maximum absolute atomic E-state index is 12.1. The summed E-state index contributed by atoms with van der Waals surface area (Å²) in [5, 5.41) is 12.9. The van der Waals surface area contributed by atoms with Gasteiger partial charge in [0.25, 0.3) is 17.5 Å². The second kappa shape index (κ2) is 10.6. The maximum Gasteiger partial charge on any atom is 0.276 e. The summed E-state index contributed by atoms with van der Waals surface area (Å²) in [7, 11) is 0.